The Morgan fingerprint density at radius 3 is 2.92 bits per heavy atom. The second kappa shape index (κ2) is 7.62. The van der Waals surface area contributed by atoms with E-state index in [0.29, 0.717) is 16.3 Å². The molecule has 1 amide bonds. The number of carbonyl (C=O) groups is 2. The number of carbonyl (C=O) groups excluding carboxylic acids is 2. The average Bonchev–Trinajstić information content (AvgIpc) is 3.33. The van der Waals surface area contributed by atoms with Crippen molar-refractivity contribution in [3.05, 3.63) is 51.6 Å². The van der Waals surface area contributed by atoms with E-state index >= 15 is 0 Å². The Morgan fingerprint density at radius 2 is 2.24 bits per heavy atom. The molecular weight excluding hydrogens is 360 g/mol. The first-order chi connectivity index (χ1) is 12.0. The van der Waals surface area contributed by atoms with Gasteiger partial charge in [0.1, 0.15) is 15.6 Å². The number of aromatic nitrogens is 1. The minimum Gasteiger partial charge on any atom is -0.467 e. The van der Waals surface area contributed by atoms with Crippen LogP contribution in [-0.4, -0.2) is 23.0 Å². The van der Waals surface area contributed by atoms with E-state index in [1.54, 1.807) is 30.4 Å². The van der Waals surface area contributed by atoms with Crippen molar-refractivity contribution in [1.82, 2.24) is 10.3 Å². The van der Waals surface area contributed by atoms with Crippen molar-refractivity contribution in [3.8, 4) is 10.6 Å². The van der Waals surface area contributed by atoms with Crippen LogP contribution in [0.5, 0.6) is 0 Å². The molecule has 25 heavy (non-hydrogen) atoms. The van der Waals surface area contributed by atoms with Crippen LogP contribution in [0.15, 0.2) is 39.6 Å². The predicted octanol–water partition coefficient (Wildman–Crippen LogP) is 3.63. The molecule has 0 fully saturated rings. The van der Waals surface area contributed by atoms with E-state index in [2.05, 4.69) is 10.3 Å². The molecule has 3 aromatic rings. The maximum atomic E-state index is 12.3. The second-order valence-corrected chi connectivity index (χ2v) is 7.07. The zero-order chi connectivity index (χ0) is 17.8. The standard InChI is InChI=1S/C17H16N2O4S2/c1-10-14(25-16(19-10)12-5-7-24-9-12)17(21)23-11(2)15(20)18-8-13-4-3-6-22-13/h3-7,9,11H,8H2,1-2H3,(H,18,20). The lowest BCUT2D eigenvalue weighted by molar-refractivity contribution is -0.129. The first kappa shape index (κ1) is 17.4. The van der Waals surface area contributed by atoms with E-state index in [1.807, 2.05) is 16.8 Å². The summed E-state index contributed by atoms with van der Waals surface area (Å²) in [6.45, 7) is 3.53. The van der Waals surface area contributed by atoms with Gasteiger partial charge in [0.2, 0.25) is 0 Å². The number of rotatable bonds is 6. The highest BCUT2D eigenvalue weighted by Crippen LogP contribution is 2.29. The maximum Gasteiger partial charge on any atom is 0.351 e. The topological polar surface area (TPSA) is 81.4 Å². The fraction of sp³-hybridized carbons (Fsp3) is 0.235. The minimum atomic E-state index is -0.909. The second-order valence-electron chi connectivity index (χ2n) is 5.29. The lowest BCUT2D eigenvalue weighted by Gasteiger charge is -2.12. The molecule has 3 heterocycles. The molecule has 0 saturated carbocycles. The number of nitrogens with zero attached hydrogens (tertiary/aromatic N) is 1. The third kappa shape index (κ3) is 4.15. The van der Waals surface area contributed by atoms with E-state index in [4.69, 9.17) is 9.15 Å². The number of amides is 1. The van der Waals surface area contributed by atoms with Crippen LogP contribution in [0.3, 0.4) is 0 Å². The first-order valence-corrected chi connectivity index (χ1v) is 9.31. The largest absolute Gasteiger partial charge is 0.467 e. The van der Waals surface area contributed by atoms with Gasteiger partial charge in [0.15, 0.2) is 6.10 Å². The average molecular weight is 376 g/mol. The Kier molecular flexibility index (Phi) is 5.30. The smallest absolute Gasteiger partial charge is 0.351 e. The fourth-order valence-electron chi connectivity index (χ4n) is 2.09. The van der Waals surface area contributed by atoms with Gasteiger partial charge < -0.3 is 14.5 Å². The van der Waals surface area contributed by atoms with Gasteiger partial charge in [-0.3, -0.25) is 4.79 Å². The third-order valence-electron chi connectivity index (χ3n) is 3.42. The zero-order valence-electron chi connectivity index (χ0n) is 13.6. The van der Waals surface area contributed by atoms with Crippen molar-refractivity contribution in [2.75, 3.05) is 0 Å². The van der Waals surface area contributed by atoms with Gasteiger partial charge in [0.05, 0.1) is 18.5 Å². The van der Waals surface area contributed by atoms with Crippen molar-refractivity contribution < 1.29 is 18.7 Å². The molecule has 0 bridgehead atoms. The summed E-state index contributed by atoms with van der Waals surface area (Å²) >= 11 is 2.83. The Morgan fingerprint density at radius 1 is 1.40 bits per heavy atom. The van der Waals surface area contributed by atoms with E-state index in [1.165, 1.54) is 24.5 Å². The lowest BCUT2D eigenvalue weighted by atomic mass is 10.3. The highest BCUT2D eigenvalue weighted by molar-refractivity contribution is 7.17. The van der Waals surface area contributed by atoms with Crippen molar-refractivity contribution in [2.24, 2.45) is 0 Å². The molecule has 0 spiro atoms. The van der Waals surface area contributed by atoms with Crippen LogP contribution in [-0.2, 0) is 16.1 Å². The van der Waals surface area contributed by atoms with Crippen LogP contribution >= 0.6 is 22.7 Å². The van der Waals surface area contributed by atoms with Crippen molar-refractivity contribution in [1.29, 1.82) is 0 Å². The summed E-state index contributed by atoms with van der Waals surface area (Å²) in [7, 11) is 0. The molecule has 1 unspecified atom stereocenters. The predicted molar refractivity (Wildman–Crippen MR) is 95.6 cm³/mol. The Balaban J connectivity index is 1.60. The van der Waals surface area contributed by atoms with Gasteiger partial charge in [0, 0.05) is 10.9 Å². The van der Waals surface area contributed by atoms with Gasteiger partial charge in [-0.25, -0.2) is 9.78 Å². The maximum absolute atomic E-state index is 12.3. The van der Waals surface area contributed by atoms with E-state index in [0.717, 1.165) is 10.6 Å². The summed E-state index contributed by atoms with van der Waals surface area (Å²) < 4.78 is 10.4. The number of thiophene rings is 1. The molecule has 0 aromatic carbocycles. The Labute approximate surface area is 152 Å². The van der Waals surface area contributed by atoms with Crippen molar-refractivity contribution in [2.45, 2.75) is 26.5 Å². The molecule has 0 aliphatic heterocycles. The number of hydrogen-bond acceptors (Lipinski definition) is 7. The molecule has 0 saturated heterocycles. The number of aryl methyl sites for hydroxylation is 1. The van der Waals surface area contributed by atoms with Crippen LogP contribution in [0.4, 0.5) is 0 Å². The summed E-state index contributed by atoms with van der Waals surface area (Å²) in [4.78, 5) is 29.2. The molecule has 0 aliphatic rings. The molecule has 8 heteroatoms. The molecule has 1 N–H and O–H groups in total. The molecule has 130 valence electrons. The SMILES string of the molecule is Cc1nc(-c2ccsc2)sc1C(=O)OC(C)C(=O)NCc1ccco1. The zero-order valence-corrected chi connectivity index (χ0v) is 15.3. The van der Waals surface area contributed by atoms with Gasteiger partial charge >= 0.3 is 5.97 Å². The van der Waals surface area contributed by atoms with Crippen molar-refractivity contribution in [3.63, 3.8) is 0 Å². The summed E-state index contributed by atoms with van der Waals surface area (Å²) in [6.07, 6.45) is 0.622. The van der Waals surface area contributed by atoms with Gasteiger partial charge in [-0.05, 0) is 37.4 Å². The van der Waals surface area contributed by atoms with Gasteiger partial charge in [-0.15, -0.1) is 11.3 Å². The normalized spacial score (nSPS) is 11.9. The quantitative estimate of drug-likeness (QED) is 0.664. The summed E-state index contributed by atoms with van der Waals surface area (Å²) in [5, 5.41) is 7.35. The molecule has 6 nitrogen and oxygen atoms in total. The van der Waals surface area contributed by atoms with E-state index in [-0.39, 0.29) is 12.5 Å². The summed E-state index contributed by atoms with van der Waals surface area (Å²) in [5.41, 5.74) is 1.57. The van der Waals surface area contributed by atoms with Crippen LogP contribution in [0, 0.1) is 6.92 Å². The first-order valence-electron chi connectivity index (χ1n) is 7.55. The number of esters is 1. The summed E-state index contributed by atoms with van der Waals surface area (Å²) in [5.74, 6) is -0.298. The van der Waals surface area contributed by atoms with Crippen LogP contribution in [0.2, 0.25) is 0 Å². The highest BCUT2D eigenvalue weighted by atomic mass is 32.1. The fourth-order valence-corrected chi connectivity index (χ4v) is 3.75. The molecular formula is C17H16N2O4S2. The molecule has 3 aromatic heterocycles. The third-order valence-corrected chi connectivity index (χ3v) is 5.29. The number of thiazole rings is 1. The van der Waals surface area contributed by atoms with Gasteiger partial charge in [-0.1, -0.05) is 0 Å². The van der Waals surface area contributed by atoms with Crippen LogP contribution < -0.4 is 5.32 Å². The number of ether oxygens (including phenoxy) is 1. The lowest BCUT2D eigenvalue weighted by Crippen LogP contribution is -2.35. The molecule has 1 atom stereocenters. The van der Waals surface area contributed by atoms with Crippen molar-refractivity contribution >= 4 is 34.6 Å². The van der Waals surface area contributed by atoms with Crippen LogP contribution in [0.1, 0.15) is 28.0 Å². The monoisotopic (exact) mass is 376 g/mol. The number of nitrogens with one attached hydrogen (secondary N) is 1. The molecule has 0 radical (unpaired) electrons. The number of hydrogen-bond donors (Lipinski definition) is 1. The Hall–Kier alpha value is -2.45. The van der Waals surface area contributed by atoms with Gasteiger partial charge in [-0.2, -0.15) is 11.3 Å². The van der Waals surface area contributed by atoms with E-state index in [9.17, 15) is 9.59 Å². The van der Waals surface area contributed by atoms with Crippen LogP contribution in [0.25, 0.3) is 10.6 Å². The van der Waals surface area contributed by atoms with Gasteiger partial charge in [0.25, 0.3) is 5.91 Å². The highest BCUT2D eigenvalue weighted by Gasteiger charge is 2.23. The molecule has 3 rings (SSSR count). The number of furan rings is 1. The summed E-state index contributed by atoms with van der Waals surface area (Å²) in [6, 6.07) is 5.44. The molecule has 0 aliphatic carbocycles. The van der Waals surface area contributed by atoms with E-state index < -0.39 is 12.1 Å². The Bertz CT molecular complexity index is 853. The minimum absolute atomic E-state index is 0.246.